The molecule has 0 radical (unpaired) electrons. The summed E-state index contributed by atoms with van der Waals surface area (Å²) in [6.45, 7) is 0. The van der Waals surface area contributed by atoms with Crippen molar-refractivity contribution in [1.82, 2.24) is 19.9 Å². The Morgan fingerprint density at radius 1 is 1.25 bits per heavy atom. The number of aromatic nitrogens is 3. The van der Waals surface area contributed by atoms with Crippen LogP contribution in [0.25, 0.3) is 0 Å². The Kier molecular flexibility index (Phi) is 4.84. The second-order valence-electron chi connectivity index (χ2n) is 5.73. The van der Waals surface area contributed by atoms with Crippen molar-refractivity contribution in [3.63, 3.8) is 0 Å². The number of fused-ring (bicyclic) bond motifs is 1. The molecule has 7 nitrogen and oxygen atoms in total. The average molecular weight is 344 g/mol. The number of nitrogens with two attached hydrogens (primary N) is 2. The molecular formula is C16H20N6OS. The smallest absolute Gasteiger partial charge is 0.233 e. The summed E-state index contributed by atoms with van der Waals surface area (Å²) in [6, 6.07) is 8.46. The van der Waals surface area contributed by atoms with E-state index in [4.69, 9.17) is 11.5 Å². The number of amides is 1. The van der Waals surface area contributed by atoms with E-state index in [0.717, 1.165) is 19.3 Å². The quantitative estimate of drug-likeness (QED) is 0.811. The summed E-state index contributed by atoms with van der Waals surface area (Å²) >= 11 is 1.22. The Bertz CT molecular complexity index is 733. The molecule has 0 bridgehead atoms. The van der Waals surface area contributed by atoms with Crippen LogP contribution in [-0.2, 0) is 11.2 Å². The van der Waals surface area contributed by atoms with E-state index < -0.39 is 0 Å². The van der Waals surface area contributed by atoms with Gasteiger partial charge in [-0.1, -0.05) is 36.0 Å². The van der Waals surface area contributed by atoms with Gasteiger partial charge < -0.3 is 16.4 Å². The van der Waals surface area contributed by atoms with Crippen LogP contribution >= 0.6 is 11.8 Å². The summed E-state index contributed by atoms with van der Waals surface area (Å²) in [5.74, 6) is 0.385. The fraction of sp³-hybridized carbons (Fsp3) is 0.375. The largest absolute Gasteiger partial charge is 0.368 e. The number of thioether (sulfide) groups is 1. The number of anilines is 2. The van der Waals surface area contributed by atoms with Crippen molar-refractivity contribution >= 4 is 29.6 Å². The summed E-state index contributed by atoms with van der Waals surface area (Å²) in [6.07, 6.45) is 3.15. The van der Waals surface area contributed by atoms with Crippen LogP contribution < -0.4 is 11.5 Å². The Balaban J connectivity index is 1.67. The maximum Gasteiger partial charge on any atom is 0.233 e. The Hall–Kier alpha value is -2.35. The molecule has 1 aliphatic rings. The highest BCUT2D eigenvalue weighted by Gasteiger charge is 2.26. The molecule has 126 valence electrons. The third-order valence-corrected chi connectivity index (χ3v) is 5.00. The zero-order chi connectivity index (χ0) is 17.1. The number of carbonyl (C=O) groups is 1. The molecular weight excluding hydrogens is 324 g/mol. The Morgan fingerprint density at radius 2 is 1.96 bits per heavy atom. The van der Waals surface area contributed by atoms with Crippen molar-refractivity contribution in [3.8, 4) is 0 Å². The van der Waals surface area contributed by atoms with Gasteiger partial charge in [0.15, 0.2) is 5.16 Å². The normalized spacial score (nSPS) is 16.5. The van der Waals surface area contributed by atoms with Gasteiger partial charge in [-0.05, 0) is 30.4 Å². The van der Waals surface area contributed by atoms with Crippen molar-refractivity contribution in [3.05, 3.63) is 35.4 Å². The molecule has 1 aromatic carbocycles. The van der Waals surface area contributed by atoms with Gasteiger partial charge in [-0.25, -0.2) is 0 Å². The Labute approximate surface area is 144 Å². The molecule has 2 aromatic rings. The molecule has 0 unspecified atom stereocenters. The van der Waals surface area contributed by atoms with Gasteiger partial charge in [0.25, 0.3) is 0 Å². The van der Waals surface area contributed by atoms with Crippen molar-refractivity contribution in [2.45, 2.75) is 30.5 Å². The fourth-order valence-electron chi connectivity index (χ4n) is 2.99. The molecule has 8 heteroatoms. The van der Waals surface area contributed by atoms with Gasteiger partial charge in [0.2, 0.25) is 17.8 Å². The standard InChI is InChI=1S/C16H20N6OS/c1-22(12-8-4-6-10-5-2-3-7-11(10)12)13(23)9-24-16-20-14(17)19-15(18)21-16/h2-3,5,7,12H,4,6,8-9H2,1H3,(H4,17,18,19,20,21)/t12-/m0/s1. The van der Waals surface area contributed by atoms with Gasteiger partial charge in [-0.3, -0.25) is 4.79 Å². The minimum absolute atomic E-state index is 0.0271. The van der Waals surface area contributed by atoms with E-state index in [1.165, 1.54) is 22.9 Å². The first kappa shape index (κ1) is 16.5. The predicted octanol–water partition coefficient (Wildman–Crippen LogP) is 1.66. The molecule has 1 aliphatic carbocycles. The predicted molar refractivity (Wildman–Crippen MR) is 94.3 cm³/mol. The number of aryl methyl sites for hydroxylation is 1. The first-order chi connectivity index (χ1) is 11.5. The molecule has 1 atom stereocenters. The minimum Gasteiger partial charge on any atom is -0.368 e. The van der Waals surface area contributed by atoms with Crippen LogP contribution in [0.3, 0.4) is 0 Å². The second-order valence-corrected chi connectivity index (χ2v) is 6.68. The summed E-state index contributed by atoms with van der Waals surface area (Å²) in [7, 11) is 1.85. The number of carbonyl (C=O) groups excluding carboxylic acids is 1. The monoisotopic (exact) mass is 344 g/mol. The molecule has 0 saturated carbocycles. The highest BCUT2D eigenvalue weighted by Crippen LogP contribution is 2.33. The molecule has 1 amide bonds. The average Bonchev–Trinajstić information content (AvgIpc) is 2.57. The number of benzene rings is 1. The maximum atomic E-state index is 12.6. The lowest BCUT2D eigenvalue weighted by Crippen LogP contribution is -2.34. The third kappa shape index (κ3) is 3.59. The van der Waals surface area contributed by atoms with Crippen molar-refractivity contribution in [2.24, 2.45) is 0 Å². The second kappa shape index (κ2) is 7.04. The van der Waals surface area contributed by atoms with Gasteiger partial charge >= 0.3 is 0 Å². The summed E-state index contributed by atoms with van der Waals surface area (Å²) in [5, 5.41) is 0.366. The van der Waals surface area contributed by atoms with E-state index in [2.05, 4.69) is 33.2 Å². The summed E-state index contributed by atoms with van der Waals surface area (Å²) in [5.41, 5.74) is 13.7. The molecule has 4 N–H and O–H groups in total. The van der Waals surface area contributed by atoms with Crippen LogP contribution in [0.15, 0.2) is 29.4 Å². The van der Waals surface area contributed by atoms with Crippen LogP contribution in [-0.4, -0.2) is 38.6 Å². The number of hydrogen-bond acceptors (Lipinski definition) is 7. The lowest BCUT2D eigenvalue weighted by molar-refractivity contribution is -0.129. The van der Waals surface area contributed by atoms with E-state index in [1.54, 1.807) is 0 Å². The van der Waals surface area contributed by atoms with Crippen molar-refractivity contribution < 1.29 is 4.79 Å². The maximum absolute atomic E-state index is 12.6. The molecule has 3 rings (SSSR count). The fourth-order valence-corrected chi connectivity index (χ4v) is 3.76. The van der Waals surface area contributed by atoms with Gasteiger partial charge in [0.1, 0.15) is 0 Å². The lowest BCUT2D eigenvalue weighted by atomic mass is 9.87. The van der Waals surface area contributed by atoms with Gasteiger partial charge in [-0.2, -0.15) is 15.0 Å². The van der Waals surface area contributed by atoms with E-state index in [9.17, 15) is 4.79 Å². The summed E-state index contributed by atoms with van der Waals surface area (Å²) < 4.78 is 0. The molecule has 1 aromatic heterocycles. The van der Waals surface area contributed by atoms with E-state index in [-0.39, 0.29) is 29.6 Å². The zero-order valence-corrected chi connectivity index (χ0v) is 14.3. The van der Waals surface area contributed by atoms with Crippen LogP contribution in [0.2, 0.25) is 0 Å². The number of hydrogen-bond donors (Lipinski definition) is 2. The molecule has 0 spiro atoms. The van der Waals surface area contributed by atoms with Crippen LogP contribution in [0, 0.1) is 0 Å². The van der Waals surface area contributed by atoms with Crippen LogP contribution in [0.5, 0.6) is 0 Å². The summed E-state index contributed by atoms with van der Waals surface area (Å²) in [4.78, 5) is 26.1. The topological polar surface area (TPSA) is 111 Å². The first-order valence-electron chi connectivity index (χ1n) is 7.78. The molecule has 0 aliphatic heterocycles. The van der Waals surface area contributed by atoms with Gasteiger partial charge in [-0.15, -0.1) is 0 Å². The SMILES string of the molecule is CN(C(=O)CSc1nc(N)nc(N)n1)[C@H]1CCCc2ccccc21. The Morgan fingerprint density at radius 3 is 2.71 bits per heavy atom. The lowest BCUT2D eigenvalue weighted by Gasteiger charge is -2.33. The molecule has 24 heavy (non-hydrogen) atoms. The van der Waals surface area contributed by atoms with Crippen LogP contribution in [0.1, 0.15) is 30.0 Å². The highest BCUT2D eigenvalue weighted by atomic mass is 32.2. The van der Waals surface area contributed by atoms with E-state index in [1.807, 2.05) is 18.0 Å². The van der Waals surface area contributed by atoms with Gasteiger partial charge in [0, 0.05) is 7.05 Å². The van der Waals surface area contributed by atoms with E-state index >= 15 is 0 Å². The highest BCUT2D eigenvalue weighted by molar-refractivity contribution is 7.99. The first-order valence-corrected chi connectivity index (χ1v) is 8.76. The van der Waals surface area contributed by atoms with Gasteiger partial charge in [0.05, 0.1) is 11.8 Å². The van der Waals surface area contributed by atoms with E-state index in [0.29, 0.717) is 5.16 Å². The van der Waals surface area contributed by atoms with Crippen LogP contribution in [0.4, 0.5) is 11.9 Å². The minimum atomic E-state index is 0.0271. The van der Waals surface area contributed by atoms with Crippen molar-refractivity contribution in [2.75, 3.05) is 24.3 Å². The molecule has 0 fully saturated rings. The number of nitrogens with zero attached hydrogens (tertiary/aromatic N) is 4. The third-order valence-electron chi connectivity index (χ3n) is 4.17. The van der Waals surface area contributed by atoms with Crippen molar-refractivity contribution in [1.29, 1.82) is 0 Å². The zero-order valence-electron chi connectivity index (χ0n) is 13.5. The number of rotatable bonds is 4. The number of nitrogen functional groups attached to an aromatic ring is 2. The molecule has 0 saturated heterocycles. The molecule has 1 heterocycles.